The molecule has 1 rings (SSSR count). The van der Waals surface area contributed by atoms with E-state index in [2.05, 4.69) is 17.3 Å². The van der Waals surface area contributed by atoms with Crippen LogP contribution < -0.4 is 5.32 Å². The number of nitrogens with zero attached hydrogens (tertiary/aromatic N) is 1. The van der Waals surface area contributed by atoms with Crippen LogP contribution >= 0.6 is 0 Å². The van der Waals surface area contributed by atoms with Gasteiger partial charge in [0.25, 0.3) is 0 Å². The van der Waals surface area contributed by atoms with Crippen LogP contribution in [0, 0.1) is 0 Å². The maximum Gasteiger partial charge on any atom is 0.323 e. The molecule has 2 N–H and O–H groups in total. The monoisotopic (exact) mass is 286 g/mol. The summed E-state index contributed by atoms with van der Waals surface area (Å²) in [5.41, 5.74) is -0.799. The highest BCUT2D eigenvalue weighted by molar-refractivity contribution is 5.78. The molecule has 1 fully saturated rings. The van der Waals surface area contributed by atoms with Crippen molar-refractivity contribution in [1.29, 1.82) is 0 Å². The maximum atomic E-state index is 11.4. The van der Waals surface area contributed by atoms with E-state index in [0.29, 0.717) is 12.5 Å². The van der Waals surface area contributed by atoms with Crippen molar-refractivity contribution in [2.75, 3.05) is 33.4 Å². The molecule has 0 aliphatic carbocycles. The summed E-state index contributed by atoms with van der Waals surface area (Å²) in [5, 5.41) is 12.5. The predicted molar refractivity (Wildman–Crippen MR) is 80.0 cm³/mol. The minimum Gasteiger partial charge on any atom is -0.480 e. The summed E-state index contributed by atoms with van der Waals surface area (Å²) in [6.07, 6.45) is 4.68. The van der Waals surface area contributed by atoms with Crippen LogP contribution in [-0.4, -0.2) is 60.9 Å². The fourth-order valence-electron chi connectivity index (χ4n) is 2.66. The second-order valence-electron chi connectivity index (χ2n) is 5.99. The molecule has 1 unspecified atom stereocenters. The van der Waals surface area contributed by atoms with E-state index in [4.69, 9.17) is 4.74 Å². The van der Waals surface area contributed by atoms with Crippen LogP contribution in [0.3, 0.4) is 0 Å². The summed E-state index contributed by atoms with van der Waals surface area (Å²) in [4.78, 5) is 13.8. The van der Waals surface area contributed by atoms with Gasteiger partial charge in [0.1, 0.15) is 5.54 Å². The molecule has 0 bridgehead atoms. The molecule has 0 amide bonds. The van der Waals surface area contributed by atoms with Gasteiger partial charge in [0.2, 0.25) is 0 Å². The van der Waals surface area contributed by atoms with Gasteiger partial charge in [-0.2, -0.15) is 0 Å². The molecule has 1 saturated heterocycles. The van der Waals surface area contributed by atoms with Crippen LogP contribution in [0.15, 0.2) is 0 Å². The fourth-order valence-corrected chi connectivity index (χ4v) is 2.66. The Morgan fingerprint density at radius 3 is 2.65 bits per heavy atom. The average Bonchev–Trinajstić information content (AvgIpc) is 2.45. The number of aliphatic carboxylic acids is 1. The summed E-state index contributed by atoms with van der Waals surface area (Å²) in [6, 6.07) is 0.587. The molecule has 118 valence electrons. The number of carboxylic acid groups (broad SMARTS) is 1. The zero-order valence-corrected chi connectivity index (χ0v) is 13.2. The first kappa shape index (κ1) is 17.4. The van der Waals surface area contributed by atoms with Crippen molar-refractivity contribution in [3.8, 4) is 0 Å². The van der Waals surface area contributed by atoms with E-state index in [1.807, 2.05) is 6.92 Å². The Morgan fingerprint density at radius 2 is 2.10 bits per heavy atom. The molecule has 0 aromatic carbocycles. The van der Waals surface area contributed by atoms with Crippen LogP contribution in [-0.2, 0) is 9.53 Å². The Morgan fingerprint density at radius 1 is 1.45 bits per heavy atom. The number of carboxylic acids is 1. The van der Waals surface area contributed by atoms with Crippen molar-refractivity contribution < 1.29 is 14.6 Å². The van der Waals surface area contributed by atoms with Crippen LogP contribution in [0.2, 0.25) is 0 Å². The third-order valence-corrected chi connectivity index (χ3v) is 4.24. The second kappa shape index (κ2) is 8.60. The van der Waals surface area contributed by atoms with E-state index in [-0.39, 0.29) is 0 Å². The lowest BCUT2D eigenvalue weighted by Gasteiger charge is -2.32. The molecule has 1 heterocycles. The summed E-state index contributed by atoms with van der Waals surface area (Å²) < 4.78 is 5.37. The highest BCUT2D eigenvalue weighted by atomic mass is 16.5. The van der Waals surface area contributed by atoms with Gasteiger partial charge in [0.15, 0.2) is 0 Å². The second-order valence-corrected chi connectivity index (χ2v) is 5.99. The Hall–Kier alpha value is -0.650. The van der Waals surface area contributed by atoms with Crippen molar-refractivity contribution >= 4 is 5.97 Å². The molecule has 0 spiro atoms. The van der Waals surface area contributed by atoms with Gasteiger partial charge in [0, 0.05) is 19.3 Å². The molecule has 1 aliphatic rings. The average molecular weight is 286 g/mol. The maximum absolute atomic E-state index is 11.4. The van der Waals surface area contributed by atoms with Crippen molar-refractivity contribution in [2.45, 2.75) is 57.5 Å². The van der Waals surface area contributed by atoms with Crippen molar-refractivity contribution in [3.05, 3.63) is 0 Å². The first-order chi connectivity index (χ1) is 9.49. The number of hydrogen-bond donors (Lipinski definition) is 2. The van der Waals surface area contributed by atoms with Crippen LogP contribution in [0.5, 0.6) is 0 Å². The Balaban J connectivity index is 2.33. The largest absolute Gasteiger partial charge is 0.480 e. The molecule has 20 heavy (non-hydrogen) atoms. The molecule has 0 saturated carbocycles. The van der Waals surface area contributed by atoms with E-state index < -0.39 is 11.5 Å². The van der Waals surface area contributed by atoms with Gasteiger partial charge in [-0.05, 0) is 59.2 Å². The summed E-state index contributed by atoms with van der Waals surface area (Å²) in [6.45, 7) is 7.23. The fraction of sp³-hybridized carbons (Fsp3) is 0.933. The number of rotatable bonds is 9. The third-order valence-electron chi connectivity index (χ3n) is 4.24. The SMILES string of the molecule is CCCNC(C)(CCCN(C)C1CCOCC1)C(=O)O. The molecule has 0 aromatic heterocycles. The molecular formula is C15H30N2O3. The summed E-state index contributed by atoms with van der Waals surface area (Å²) in [7, 11) is 2.13. The lowest BCUT2D eigenvalue weighted by molar-refractivity contribution is -0.144. The molecule has 5 heteroatoms. The van der Waals surface area contributed by atoms with Gasteiger partial charge in [-0.3, -0.25) is 4.79 Å². The predicted octanol–water partition coefficient (Wildman–Crippen LogP) is 1.72. The van der Waals surface area contributed by atoms with Crippen molar-refractivity contribution in [1.82, 2.24) is 10.2 Å². The van der Waals surface area contributed by atoms with E-state index in [0.717, 1.165) is 52.0 Å². The van der Waals surface area contributed by atoms with E-state index in [9.17, 15) is 9.90 Å². The van der Waals surface area contributed by atoms with Gasteiger partial charge >= 0.3 is 5.97 Å². The first-order valence-corrected chi connectivity index (χ1v) is 7.76. The number of ether oxygens (including phenoxy) is 1. The number of carbonyl (C=O) groups is 1. The molecule has 5 nitrogen and oxygen atoms in total. The van der Waals surface area contributed by atoms with Gasteiger partial charge in [-0.15, -0.1) is 0 Å². The molecular weight excluding hydrogens is 256 g/mol. The minimum atomic E-state index is -0.799. The van der Waals surface area contributed by atoms with Gasteiger partial charge < -0.3 is 20.1 Å². The van der Waals surface area contributed by atoms with E-state index >= 15 is 0 Å². The van der Waals surface area contributed by atoms with Crippen molar-refractivity contribution in [2.24, 2.45) is 0 Å². The van der Waals surface area contributed by atoms with Gasteiger partial charge in [-0.1, -0.05) is 6.92 Å². The van der Waals surface area contributed by atoms with Crippen LogP contribution in [0.25, 0.3) is 0 Å². The lowest BCUT2D eigenvalue weighted by atomic mass is 9.95. The van der Waals surface area contributed by atoms with Crippen LogP contribution in [0.4, 0.5) is 0 Å². The number of hydrogen-bond acceptors (Lipinski definition) is 4. The van der Waals surface area contributed by atoms with Gasteiger partial charge in [-0.25, -0.2) is 0 Å². The highest BCUT2D eigenvalue weighted by Crippen LogP contribution is 2.17. The lowest BCUT2D eigenvalue weighted by Crippen LogP contribution is -2.50. The van der Waals surface area contributed by atoms with E-state index in [1.54, 1.807) is 6.92 Å². The van der Waals surface area contributed by atoms with Crippen LogP contribution in [0.1, 0.15) is 46.0 Å². The van der Waals surface area contributed by atoms with Crippen molar-refractivity contribution in [3.63, 3.8) is 0 Å². The molecule has 0 aromatic rings. The third kappa shape index (κ3) is 5.38. The van der Waals surface area contributed by atoms with Gasteiger partial charge in [0.05, 0.1) is 0 Å². The summed E-state index contributed by atoms with van der Waals surface area (Å²) in [5.74, 6) is -0.750. The zero-order chi connectivity index (χ0) is 15.0. The molecule has 1 atom stereocenters. The smallest absolute Gasteiger partial charge is 0.323 e. The Bertz CT molecular complexity index is 293. The van der Waals surface area contributed by atoms with E-state index in [1.165, 1.54) is 0 Å². The minimum absolute atomic E-state index is 0.587. The quantitative estimate of drug-likeness (QED) is 0.676. The standard InChI is InChI=1S/C15H30N2O3/c1-4-9-16-15(2,14(18)19)8-5-10-17(3)13-6-11-20-12-7-13/h13,16H,4-12H2,1-3H3,(H,18,19). The molecule has 1 aliphatic heterocycles. The summed E-state index contributed by atoms with van der Waals surface area (Å²) >= 11 is 0. The molecule has 0 radical (unpaired) electrons. The first-order valence-electron chi connectivity index (χ1n) is 7.76. The topological polar surface area (TPSA) is 61.8 Å². The Labute approximate surface area is 122 Å². The number of nitrogens with one attached hydrogen (secondary N) is 1. The Kier molecular flexibility index (Phi) is 7.48. The zero-order valence-electron chi connectivity index (χ0n) is 13.2. The normalized spacial score (nSPS) is 20.0. The highest BCUT2D eigenvalue weighted by Gasteiger charge is 2.31.